The minimum absolute atomic E-state index is 0.0182. The molecule has 14 heavy (non-hydrogen) atoms. The average molecular weight is 195 g/mol. The lowest BCUT2D eigenvalue weighted by Gasteiger charge is -2.20. The van der Waals surface area contributed by atoms with Crippen LogP contribution in [0.3, 0.4) is 0 Å². The van der Waals surface area contributed by atoms with Crippen LogP contribution in [0.5, 0.6) is 11.5 Å². The van der Waals surface area contributed by atoms with Crippen LogP contribution in [0.2, 0.25) is 0 Å². The van der Waals surface area contributed by atoms with Crippen molar-refractivity contribution in [1.82, 2.24) is 5.32 Å². The van der Waals surface area contributed by atoms with Gasteiger partial charge in [0.2, 0.25) is 0 Å². The van der Waals surface area contributed by atoms with Gasteiger partial charge < -0.3 is 15.5 Å². The third kappa shape index (κ3) is 3.26. The minimum atomic E-state index is 0.0182. The Bertz CT molecular complexity index is 316. The van der Waals surface area contributed by atoms with Crippen LogP contribution in [0.25, 0.3) is 0 Å². The summed E-state index contributed by atoms with van der Waals surface area (Å²) in [6.45, 7) is 6.77. The van der Waals surface area contributed by atoms with Crippen LogP contribution in [0.4, 0.5) is 0 Å². The van der Waals surface area contributed by atoms with Crippen molar-refractivity contribution in [2.75, 3.05) is 0 Å². The largest absolute Gasteiger partial charge is 0.508 e. The van der Waals surface area contributed by atoms with Crippen molar-refractivity contribution >= 4 is 0 Å². The second kappa shape index (κ2) is 3.88. The van der Waals surface area contributed by atoms with Gasteiger partial charge in [-0.05, 0) is 26.8 Å². The standard InChI is InChI=1S/C11H17NO2/c1-11(2,3)12-7-8-4-5-9(13)6-10(8)14/h4-6,12-14H,7H2,1-3H3. The maximum Gasteiger partial charge on any atom is 0.123 e. The van der Waals surface area contributed by atoms with Crippen molar-refractivity contribution in [3.8, 4) is 11.5 Å². The first kappa shape index (κ1) is 10.9. The van der Waals surface area contributed by atoms with Crippen molar-refractivity contribution in [3.05, 3.63) is 23.8 Å². The fraction of sp³-hybridized carbons (Fsp3) is 0.455. The molecule has 0 atom stereocenters. The summed E-state index contributed by atoms with van der Waals surface area (Å²) in [6, 6.07) is 4.63. The van der Waals surface area contributed by atoms with E-state index in [9.17, 15) is 5.11 Å². The first-order chi connectivity index (χ1) is 6.38. The first-order valence-electron chi connectivity index (χ1n) is 4.64. The van der Waals surface area contributed by atoms with E-state index in [2.05, 4.69) is 26.1 Å². The van der Waals surface area contributed by atoms with Crippen molar-refractivity contribution < 1.29 is 10.2 Å². The highest BCUT2D eigenvalue weighted by atomic mass is 16.3. The zero-order valence-corrected chi connectivity index (χ0v) is 8.83. The van der Waals surface area contributed by atoms with E-state index in [1.807, 2.05) is 0 Å². The van der Waals surface area contributed by atoms with Crippen LogP contribution >= 0.6 is 0 Å². The SMILES string of the molecule is CC(C)(C)NCc1ccc(O)cc1O. The Balaban J connectivity index is 2.68. The Morgan fingerprint density at radius 2 is 1.86 bits per heavy atom. The highest BCUT2D eigenvalue weighted by Gasteiger charge is 2.10. The summed E-state index contributed by atoms with van der Waals surface area (Å²) < 4.78 is 0. The molecular formula is C11H17NO2. The van der Waals surface area contributed by atoms with E-state index in [1.54, 1.807) is 12.1 Å². The Kier molecular flexibility index (Phi) is 3.01. The molecule has 0 aliphatic rings. The van der Waals surface area contributed by atoms with Crippen LogP contribution in [0, 0.1) is 0 Å². The van der Waals surface area contributed by atoms with Gasteiger partial charge in [-0.2, -0.15) is 0 Å². The van der Waals surface area contributed by atoms with Gasteiger partial charge in [0.1, 0.15) is 11.5 Å². The number of aromatic hydroxyl groups is 2. The lowest BCUT2D eigenvalue weighted by molar-refractivity contribution is 0.409. The minimum Gasteiger partial charge on any atom is -0.508 e. The molecule has 0 fully saturated rings. The molecule has 1 rings (SSSR count). The third-order valence-corrected chi connectivity index (χ3v) is 1.88. The number of phenolic OH excluding ortho intramolecular Hbond substituents is 2. The summed E-state index contributed by atoms with van der Waals surface area (Å²) in [5.74, 6) is 0.212. The monoisotopic (exact) mass is 195 g/mol. The normalized spacial score (nSPS) is 11.6. The van der Waals surface area contributed by atoms with Gasteiger partial charge in [0.15, 0.2) is 0 Å². The fourth-order valence-corrected chi connectivity index (χ4v) is 1.06. The second-order valence-electron chi connectivity index (χ2n) is 4.42. The molecule has 1 aromatic carbocycles. The van der Waals surface area contributed by atoms with Gasteiger partial charge in [-0.1, -0.05) is 6.07 Å². The van der Waals surface area contributed by atoms with E-state index >= 15 is 0 Å². The highest BCUT2D eigenvalue weighted by Crippen LogP contribution is 2.22. The van der Waals surface area contributed by atoms with Crippen molar-refractivity contribution in [2.45, 2.75) is 32.9 Å². The maximum atomic E-state index is 9.49. The molecule has 3 heteroatoms. The zero-order valence-electron chi connectivity index (χ0n) is 8.83. The molecule has 3 N–H and O–H groups in total. The molecule has 1 aromatic rings. The molecular weight excluding hydrogens is 178 g/mol. The van der Waals surface area contributed by atoms with Crippen molar-refractivity contribution in [3.63, 3.8) is 0 Å². The van der Waals surface area contributed by atoms with Crippen LogP contribution in [0.15, 0.2) is 18.2 Å². The fourth-order valence-electron chi connectivity index (χ4n) is 1.06. The summed E-state index contributed by atoms with van der Waals surface area (Å²) in [5.41, 5.74) is 0.808. The highest BCUT2D eigenvalue weighted by molar-refractivity contribution is 5.38. The molecule has 0 aliphatic carbocycles. The molecule has 0 bridgehead atoms. The Labute approximate surface area is 84.4 Å². The Morgan fingerprint density at radius 3 is 2.36 bits per heavy atom. The molecule has 0 aliphatic heterocycles. The number of phenols is 2. The van der Waals surface area contributed by atoms with Gasteiger partial charge in [0.25, 0.3) is 0 Å². The quantitative estimate of drug-likeness (QED) is 0.676. The molecule has 0 radical (unpaired) electrons. The molecule has 0 spiro atoms. The lowest BCUT2D eigenvalue weighted by Crippen LogP contribution is -2.35. The molecule has 0 amide bonds. The van der Waals surface area contributed by atoms with Gasteiger partial charge in [0.05, 0.1) is 0 Å². The van der Waals surface area contributed by atoms with Gasteiger partial charge in [-0.3, -0.25) is 0 Å². The summed E-state index contributed by atoms with van der Waals surface area (Å²) in [7, 11) is 0. The summed E-state index contributed by atoms with van der Waals surface area (Å²) in [5, 5.41) is 21.8. The topological polar surface area (TPSA) is 52.5 Å². The van der Waals surface area contributed by atoms with Crippen LogP contribution in [-0.4, -0.2) is 15.8 Å². The van der Waals surface area contributed by atoms with Crippen LogP contribution < -0.4 is 5.32 Å². The van der Waals surface area contributed by atoms with E-state index in [0.29, 0.717) is 6.54 Å². The molecule has 0 aromatic heterocycles. The molecule has 0 saturated carbocycles. The van der Waals surface area contributed by atoms with Crippen LogP contribution in [-0.2, 0) is 6.54 Å². The van der Waals surface area contributed by atoms with Gasteiger partial charge in [-0.25, -0.2) is 0 Å². The average Bonchev–Trinajstić information content (AvgIpc) is 2.00. The van der Waals surface area contributed by atoms with Gasteiger partial charge >= 0.3 is 0 Å². The molecule has 0 heterocycles. The lowest BCUT2D eigenvalue weighted by atomic mass is 10.1. The van der Waals surface area contributed by atoms with E-state index in [-0.39, 0.29) is 17.0 Å². The van der Waals surface area contributed by atoms with E-state index in [0.717, 1.165) is 5.56 Å². The molecule has 0 unspecified atom stereocenters. The summed E-state index contributed by atoms with van der Waals surface area (Å²) in [4.78, 5) is 0. The second-order valence-corrected chi connectivity index (χ2v) is 4.42. The maximum absolute atomic E-state index is 9.49. The van der Waals surface area contributed by atoms with Gasteiger partial charge in [-0.15, -0.1) is 0 Å². The van der Waals surface area contributed by atoms with E-state index in [4.69, 9.17) is 5.11 Å². The predicted octanol–water partition coefficient (Wildman–Crippen LogP) is 1.99. The first-order valence-corrected chi connectivity index (χ1v) is 4.64. The molecule has 78 valence electrons. The number of benzene rings is 1. The molecule has 0 saturated heterocycles. The van der Waals surface area contributed by atoms with Crippen molar-refractivity contribution in [1.29, 1.82) is 0 Å². The van der Waals surface area contributed by atoms with E-state index in [1.165, 1.54) is 6.07 Å². The number of nitrogens with one attached hydrogen (secondary N) is 1. The predicted molar refractivity (Wildman–Crippen MR) is 56.4 cm³/mol. The Hall–Kier alpha value is -1.22. The summed E-state index contributed by atoms with van der Waals surface area (Å²) in [6.07, 6.45) is 0. The zero-order chi connectivity index (χ0) is 10.8. The number of hydrogen-bond acceptors (Lipinski definition) is 3. The van der Waals surface area contributed by atoms with Gasteiger partial charge in [0, 0.05) is 23.7 Å². The number of rotatable bonds is 2. The number of hydrogen-bond donors (Lipinski definition) is 3. The van der Waals surface area contributed by atoms with Crippen LogP contribution in [0.1, 0.15) is 26.3 Å². The smallest absolute Gasteiger partial charge is 0.123 e. The summed E-state index contributed by atoms with van der Waals surface area (Å²) >= 11 is 0. The van der Waals surface area contributed by atoms with Crippen molar-refractivity contribution in [2.24, 2.45) is 0 Å². The Morgan fingerprint density at radius 1 is 1.21 bits per heavy atom. The van der Waals surface area contributed by atoms with E-state index < -0.39 is 0 Å². The molecule has 3 nitrogen and oxygen atoms in total. The third-order valence-electron chi connectivity index (χ3n) is 1.88.